The van der Waals surface area contributed by atoms with Gasteiger partial charge in [-0.05, 0) is 44.1 Å². The molecule has 0 atom stereocenters. The van der Waals surface area contributed by atoms with Crippen LogP contribution in [0.25, 0.3) is 0 Å². The number of halogens is 2. The van der Waals surface area contributed by atoms with Gasteiger partial charge in [0.25, 0.3) is 0 Å². The first kappa shape index (κ1) is 23.2. The molecule has 0 unspecified atom stereocenters. The number of likely N-dealkylation sites (tertiary alicyclic amines) is 1. The number of carbonyl (C=O) groups is 1. The summed E-state index contributed by atoms with van der Waals surface area (Å²) in [6.45, 7) is 4.80. The summed E-state index contributed by atoms with van der Waals surface area (Å²) in [5, 5.41) is 5.97. The van der Waals surface area contributed by atoms with E-state index >= 15 is 0 Å². The van der Waals surface area contributed by atoms with Crippen LogP contribution in [-0.2, 0) is 17.9 Å². The van der Waals surface area contributed by atoms with Crippen LogP contribution in [0.2, 0.25) is 0 Å². The molecule has 1 aromatic carbocycles. The predicted molar refractivity (Wildman–Crippen MR) is 105 cm³/mol. The Bertz CT molecular complexity index is 463. The molecule has 1 fully saturated rings. The molecule has 4 nitrogen and oxygen atoms in total. The van der Waals surface area contributed by atoms with Gasteiger partial charge in [0.05, 0.1) is 0 Å². The lowest BCUT2D eigenvalue weighted by molar-refractivity contribution is -0.121. The van der Waals surface area contributed by atoms with Crippen LogP contribution in [0.1, 0.15) is 43.2 Å². The summed E-state index contributed by atoms with van der Waals surface area (Å²) in [5.41, 5.74) is 2.54. The van der Waals surface area contributed by atoms with E-state index in [1.807, 2.05) is 7.05 Å². The van der Waals surface area contributed by atoms with E-state index in [9.17, 15) is 4.79 Å². The van der Waals surface area contributed by atoms with Gasteiger partial charge in [0, 0.05) is 26.1 Å². The second-order valence-electron chi connectivity index (χ2n) is 6.14. The molecule has 0 radical (unpaired) electrons. The van der Waals surface area contributed by atoms with E-state index in [1.54, 1.807) is 0 Å². The standard InChI is InChI=1S/C18H29N3O.2ClH/c1-19-10-9-18(22)20-14-16-7-6-8-17(13-16)15-21-11-4-2-3-5-12-21;;/h6-8,13,19H,2-5,9-12,14-15H2,1H3,(H,20,22);2*1H. The average Bonchev–Trinajstić information content (AvgIpc) is 2.80. The van der Waals surface area contributed by atoms with E-state index < -0.39 is 0 Å². The molecule has 138 valence electrons. The molecule has 1 heterocycles. The van der Waals surface area contributed by atoms with Crippen molar-refractivity contribution in [3.05, 3.63) is 35.4 Å². The third kappa shape index (κ3) is 8.88. The molecule has 1 saturated heterocycles. The largest absolute Gasteiger partial charge is 0.352 e. The Kier molecular flexibility index (Phi) is 13.0. The van der Waals surface area contributed by atoms with Crippen molar-refractivity contribution >= 4 is 30.7 Å². The first-order valence-corrected chi connectivity index (χ1v) is 8.49. The average molecular weight is 376 g/mol. The highest BCUT2D eigenvalue weighted by Gasteiger charge is 2.09. The van der Waals surface area contributed by atoms with E-state index in [1.165, 1.54) is 49.9 Å². The highest BCUT2D eigenvalue weighted by Crippen LogP contribution is 2.14. The van der Waals surface area contributed by atoms with E-state index in [2.05, 4.69) is 39.8 Å². The van der Waals surface area contributed by atoms with Gasteiger partial charge in [-0.1, -0.05) is 37.1 Å². The van der Waals surface area contributed by atoms with Crippen molar-refractivity contribution in [1.29, 1.82) is 0 Å². The fourth-order valence-corrected chi connectivity index (χ4v) is 2.92. The van der Waals surface area contributed by atoms with Crippen LogP contribution in [0.4, 0.5) is 0 Å². The maximum atomic E-state index is 11.7. The molecule has 1 aliphatic rings. The minimum atomic E-state index is 0. The van der Waals surface area contributed by atoms with E-state index in [0.29, 0.717) is 13.0 Å². The van der Waals surface area contributed by atoms with Crippen LogP contribution in [0.3, 0.4) is 0 Å². The molecule has 0 aromatic heterocycles. The van der Waals surface area contributed by atoms with Crippen molar-refractivity contribution < 1.29 is 4.79 Å². The van der Waals surface area contributed by atoms with Gasteiger partial charge >= 0.3 is 0 Å². The van der Waals surface area contributed by atoms with Gasteiger partial charge in [0.15, 0.2) is 0 Å². The monoisotopic (exact) mass is 375 g/mol. The van der Waals surface area contributed by atoms with Crippen molar-refractivity contribution in [2.75, 3.05) is 26.7 Å². The number of hydrogen-bond acceptors (Lipinski definition) is 3. The van der Waals surface area contributed by atoms with Crippen LogP contribution in [-0.4, -0.2) is 37.5 Å². The molecule has 0 saturated carbocycles. The topological polar surface area (TPSA) is 44.4 Å². The maximum Gasteiger partial charge on any atom is 0.221 e. The first-order chi connectivity index (χ1) is 10.8. The third-order valence-corrected chi connectivity index (χ3v) is 4.19. The Balaban J connectivity index is 0.00000264. The Hall–Kier alpha value is -0.810. The van der Waals surface area contributed by atoms with E-state index in [0.717, 1.165) is 13.1 Å². The molecule has 1 aliphatic heterocycles. The molecule has 0 spiro atoms. The zero-order valence-corrected chi connectivity index (χ0v) is 16.2. The number of carbonyl (C=O) groups excluding carboxylic acids is 1. The molecular formula is C18H31Cl2N3O. The maximum absolute atomic E-state index is 11.7. The lowest BCUT2D eigenvalue weighted by atomic mass is 10.1. The highest BCUT2D eigenvalue weighted by molar-refractivity contribution is 5.85. The van der Waals surface area contributed by atoms with E-state index in [4.69, 9.17) is 0 Å². The Morgan fingerprint density at radius 2 is 1.75 bits per heavy atom. The van der Waals surface area contributed by atoms with Crippen LogP contribution in [0, 0.1) is 0 Å². The van der Waals surface area contributed by atoms with Gasteiger partial charge in [-0.3, -0.25) is 9.69 Å². The van der Waals surface area contributed by atoms with Crippen molar-refractivity contribution in [3.8, 4) is 0 Å². The number of amides is 1. The summed E-state index contributed by atoms with van der Waals surface area (Å²) in [7, 11) is 1.86. The van der Waals surface area contributed by atoms with Crippen LogP contribution in [0.5, 0.6) is 0 Å². The molecule has 0 bridgehead atoms. The molecule has 2 rings (SSSR count). The van der Waals surface area contributed by atoms with Gasteiger partial charge in [0.2, 0.25) is 5.91 Å². The van der Waals surface area contributed by atoms with Crippen LogP contribution >= 0.6 is 24.8 Å². The lowest BCUT2D eigenvalue weighted by Gasteiger charge is -2.20. The minimum Gasteiger partial charge on any atom is -0.352 e. The van der Waals surface area contributed by atoms with Gasteiger partial charge < -0.3 is 10.6 Å². The number of benzene rings is 1. The molecule has 6 heteroatoms. The van der Waals surface area contributed by atoms with Crippen molar-refractivity contribution in [2.45, 2.75) is 45.2 Å². The van der Waals surface area contributed by atoms with Crippen LogP contribution in [0.15, 0.2) is 24.3 Å². The number of hydrogen-bond donors (Lipinski definition) is 2. The number of nitrogens with zero attached hydrogens (tertiary/aromatic N) is 1. The molecule has 1 amide bonds. The molecule has 0 aliphatic carbocycles. The van der Waals surface area contributed by atoms with Crippen molar-refractivity contribution in [3.63, 3.8) is 0 Å². The second-order valence-corrected chi connectivity index (χ2v) is 6.14. The third-order valence-electron chi connectivity index (χ3n) is 4.19. The summed E-state index contributed by atoms with van der Waals surface area (Å²) in [5.74, 6) is 0.104. The zero-order chi connectivity index (χ0) is 15.6. The zero-order valence-electron chi connectivity index (χ0n) is 14.6. The molecule has 2 N–H and O–H groups in total. The fourth-order valence-electron chi connectivity index (χ4n) is 2.92. The molecular weight excluding hydrogens is 345 g/mol. The van der Waals surface area contributed by atoms with E-state index in [-0.39, 0.29) is 30.7 Å². The smallest absolute Gasteiger partial charge is 0.221 e. The summed E-state index contributed by atoms with van der Waals surface area (Å²) >= 11 is 0. The minimum absolute atomic E-state index is 0. The Morgan fingerprint density at radius 1 is 1.08 bits per heavy atom. The van der Waals surface area contributed by atoms with Crippen LogP contribution < -0.4 is 10.6 Å². The van der Waals surface area contributed by atoms with Crippen molar-refractivity contribution in [2.24, 2.45) is 0 Å². The first-order valence-electron chi connectivity index (χ1n) is 8.49. The second kappa shape index (κ2) is 13.5. The normalized spacial score (nSPS) is 14.9. The Morgan fingerprint density at radius 3 is 2.42 bits per heavy atom. The Labute approximate surface area is 158 Å². The number of nitrogens with one attached hydrogen (secondary N) is 2. The summed E-state index contributed by atoms with van der Waals surface area (Å²) in [4.78, 5) is 14.2. The van der Waals surface area contributed by atoms with Gasteiger partial charge in [0.1, 0.15) is 0 Å². The SMILES string of the molecule is CNCCC(=O)NCc1cccc(CN2CCCCCC2)c1.Cl.Cl. The van der Waals surface area contributed by atoms with Gasteiger partial charge in [-0.25, -0.2) is 0 Å². The predicted octanol–water partition coefficient (Wildman–Crippen LogP) is 3.13. The summed E-state index contributed by atoms with van der Waals surface area (Å²) < 4.78 is 0. The highest BCUT2D eigenvalue weighted by atomic mass is 35.5. The van der Waals surface area contributed by atoms with Crippen molar-refractivity contribution in [1.82, 2.24) is 15.5 Å². The summed E-state index contributed by atoms with van der Waals surface area (Å²) in [6, 6.07) is 8.60. The molecule has 1 aromatic rings. The quantitative estimate of drug-likeness (QED) is 0.769. The van der Waals surface area contributed by atoms with Gasteiger partial charge in [-0.15, -0.1) is 24.8 Å². The lowest BCUT2D eigenvalue weighted by Crippen LogP contribution is -2.26. The number of rotatable bonds is 7. The molecule has 24 heavy (non-hydrogen) atoms. The van der Waals surface area contributed by atoms with Gasteiger partial charge in [-0.2, -0.15) is 0 Å². The fraction of sp³-hybridized carbons (Fsp3) is 0.611. The summed E-state index contributed by atoms with van der Waals surface area (Å²) in [6.07, 6.45) is 5.91.